The van der Waals surface area contributed by atoms with Crippen LogP contribution in [0.2, 0.25) is 0 Å². The number of rotatable bonds is 1. The van der Waals surface area contributed by atoms with Gasteiger partial charge in [0.1, 0.15) is 15.9 Å². The fourth-order valence-corrected chi connectivity index (χ4v) is 4.94. The molecule has 0 spiro atoms. The summed E-state index contributed by atoms with van der Waals surface area (Å²) < 4.78 is 0. The Hall–Kier alpha value is -2.58. The smallest absolute Gasteiger partial charge is 0.162 e. The van der Waals surface area contributed by atoms with Gasteiger partial charge in [0.15, 0.2) is 5.78 Å². The first-order valence-corrected chi connectivity index (χ1v) is 9.13. The predicted octanol–water partition coefficient (Wildman–Crippen LogP) is 4.40. The number of anilines is 2. The van der Waals surface area contributed by atoms with E-state index >= 15 is 0 Å². The molecule has 2 heterocycles. The molecule has 4 rings (SSSR count). The van der Waals surface area contributed by atoms with Crippen molar-refractivity contribution in [1.29, 1.82) is 5.26 Å². The van der Waals surface area contributed by atoms with E-state index in [1.165, 1.54) is 11.3 Å². The average Bonchev–Trinajstić information content (AvgIpc) is 2.88. The molecule has 25 heavy (non-hydrogen) atoms. The van der Waals surface area contributed by atoms with Gasteiger partial charge in [0.05, 0.1) is 5.69 Å². The summed E-state index contributed by atoms with van der Waals surface area (Å²) in [5.74, 6) is -0.0308. The zero-order chi connectivity index (χ0) is 17.8. The molecule has 1 aliphatic heterocycles. The Morgan fingerprint density at radius 1 is 1.28 bits per heavy atom. The summed E-state index contributed by atoms with van der Waals surface area (Å²) in [7, 11) is 0. The van der Waals surface area contributed by atoms with Crippen LogP contribution in [0, 0.1) is 16.7 Å². The van der Waals surface area contributed by atoms with Crippen LogP contribution >= 0.6 is 11.3 Å². The van der Waals surface area contributed by atoms with Crippen LogP contribution in [-0.4, -0.2) is 5.78 Å². The Labute approximate surface area is 151 Å². The summed E-state index contributed by atoms with van der Waals surface area (Å²) in [6.07, 6.45) is 1.35. The Kier molecular flexibility index (Phi) is 3.48. The van der Waals surface area contributed by atoms with Gasteiger partial charge in [-0.3, -0.25) is 4.79 Å². The van der Waals surface area contributed by atoms with Crippen LogP contribution in [0.4, 0.5) is 10.7 Å². The average molecular weight is 349 g/mol. The van der Waals surface area contributed by atoms with Crippen molar-refractivity contribution in [2.45, 2.75) is 32.6 Å². The molecule has 1 atom stereocenters. The molecule has 4 nitrogen and oxygen atoms in total. The van der Waals surface area contributed by atoms with Gasteiger partial charge in [-0.05, 0) is 17.4 Å². The lowest BCUT2D eigenvalue weighted by Crippen LogP contribution is -2.33. The van der Waals surface area contributed by atoms with Crippen LogP contribution in [0.1, 0.15) is 48.6 Å². The second kappa shape index (κ2) is 5.47. The highest BCUT2D eigenvalue weighted by atomic mass is 32.1. The van der Waals surface area contributed by atoms with Crippen LogP contribution in [0.25, 0.3) is 0 Å². The van der Waals surface area contributed by atoms with Gasteiger partial charge < -0.3 is 11.1 Å². The van der Waals surface area contributed by atoms with E-state index in [9.17, 15) is 10.1 Å². The minimum absolute atomic E-state index is 0.0669. The van der Waals surface area contributed by atoms with Crippen LogP contribution in [0.15, 0.2) is 41.6 Å². The summed E-state index contributed by atoms with van der Waals surface area (Å²) in [5.41, 5.74) is 10.4. The maximum Gasteiger partial charge on any atom is 0.162 e. The second-order valence-corrected chi connectivity index (χ2v) is 8.52. The van der Waals surface area contributed by atoms with Crippen LogP contribution < -0.4 is 11.1 Å². The van der Waals surface area contributed by atoms with Gasteiger partial charge in [-0.25, -0.2) is 0 Å². The normalized spacial score (nSPS) is 21.2. The third kappa shape index (κ3) is 2.45. The monoisotopic (exact) mass is 349 g/mol. The van der Waals surface area contributed by atoms with Gasteiger partial charge in [0.2, 0.25) is 0 Å². The summed E-state index contributed by atoms with van der Waals surface area (Å²) >= 11 is 1.37. The fourth-order valence-electron chi connectivity index (χ4n) is 3.96. The number of hydrogen-bond acceptors (Lipinski definition) is 5. The fraction of sp³-hybridized carbons (Fsp3) is 0.300. The van der Waals surface area contributed by atoms with E-state index in [1.807, 2.05) is 30.3 Å². The van der Waals surface area contributed by atoms with Crippen LogP contribution in [-0.2, 0) is 4.79 Å². The molecule has 0 saturated heterocycles. The number of Topliss-reactive ketones (excluding diaryl/α,β-unsaturated/α-hetero) is 1. The first kappa shape index (κ1) is 15.9. The van der Waals surface area contributed by atoms with Crippen molar-refractivity contribution in [3.63, 3.8) is 0 Å². The number of nitrogens with zero attached hydrogens (tertiary/aromatic N) is 1. The molecule has 1 aromatic carbocycles. The largest absolute Gasteiger partial charge is 0.397 e. The highest BCUT2D eigenvalue weighted by Crippen LogP contribution is 2.53. The molecule has 0 fully saturated rings. The quantitative estimate of drug-likeness (QED) is 0.799. The molecule has 1 aromatic heterocycles. The molecular formula is C20H19N3OS. The van der Waals surface area contributed by atoms with Gasteiger partial charge in [-0.2, -0.15) is 5.26 Å². The predicted molar refractivity (Wildman–Crippen MR) is 100 cm³/mol. The number of hydrogen-bond donors (Lipinski definition) is 2. The lowest BCUT2D eigenvalue weighted by molar-refractivity contribution is -0.118. The van der Waals surface area contributed by atoms with Crippen molar-refractivity contribution in [2.24, 2.45) is 5.41 Å². The third-order valence-electron chi connectivity index (χ3n) is 4.98. The molecule has 0 amide bonds. The number of benzene rings is 1. The number of nitrogens with two attached hydrogens (primary N) is 1. The van der Waals surface area contributed by atoms with Gasteiger partial charge in [-0.15, -0.1) is 11.3 Å². The molecule has 1 aliphatic carbocycles. The van der Waals surface area contributed by atoms with E-state index in [0.29, 0.717) is 17.0 Å². The Balaban J connectivity index is 1.97. The van der Waals surface area contributed by atoms with E-state index in [-0.39, 0.29) is 17.1 Å². The Morgan fingerprint density at radius 2 is 2.00 bits per heavy atom. The van der Waals surface area contributed by atoms with Crippen molar-refractivity contribution >= 4 is 27.8 Å². The molecule has 0 bridgehead atoms. The number of nitrogen functional groups attached to an aromatic ring is 1. The molecule has 0 unspecified atom stereocenters. The summed E-state index contributed by atoms with van der Waals surface area (Å²) in [6.45, 7) is 4.24. The molecule has 2 aliphatic rings. The highest BCUT2D eigenvalue weighted by Gasteiger charge is 2.42. The van der Waals surface area contributed by atoms with Crippen LogP contribution in [0.3, 0.4) is 0 Å². The van der Waals surface area contributed by atoms with Gasteiger partial charge in [0, 0.05) is 29.2 Å². The van der Waals surface area contributed by atoms with Crippen molar-refractivity contribution in [3.05, 3.63) is 57.6 Å². The molecule has 5 heteroatoms. The summed E-state index contributed by atoms with van der Waals surface area (Å²) in [5, 5.41) is 13.7. The topological polar surface area (TPSA) is 78.9 Å². The van der Waals surface area contributed by atoms with E-state index in [2.05, 4.69) is 25.2 Å². The number of nitrogens with one attached hydrogen (secondary N) is 1. The maximum atomic E-state index is 13.0. The van der Waals surface area contributed by atoms with Gasteiger partial charge >= 0.3 is 0 Å². The van der Waals surface area contributed by atoms with Crippen molar-refractivity contribution < 1.29 is 4.79 Å². The number of allylic oxidation sites excluding steroid dienone is 2. The Morgan fingerprint density at radius 3 is 2.68 bits per heavy atom. The van der Waals surface area contributed by atoms with Gasteiger partial charge in [-0.1, -0.05) is 44.2 Å². The molecule has 0 radical (unpaired) electrons. The molecule has 2 aromatic rings. The molecule has 3 N–H and O–H groups in total. The molecular weight excluding hydrogens is 330 g/mol. The third-order valence-corrected chi connectivity index (χ3v) is 6.02. The molecule has 126 valence electrons. The number of fused-ring (bicyclic) bond motifs is 1. The summed E-state index contributed by atoms with van der Waals surface area (Å²) in [6, 6.07) is 12.2. The number of thiophene rings is 1. The number of nitriles is 1. The highest BCUT2D eigenvalue weighted by molar-refractivity contribution is 7.17. The van der Waals surface area contributed by atoms with Crippen molar-refractivity contribution in [1.82, 2.24) is 0 Å². The van der Waals surface area contributed by atoms with Crippen LogP contribution in [0.5, 0.6) is 0 Å². The van der Waals surface area contributed by atoms with E-state index < -0.39 is 0 Å². The Bertz CT molecular complexity index is 947. The number of carbonyl (C=O) groups is 1. The van der Waals surface area contributed by atoms with E-state index in [0.717, 1.165) is 33.8 Å². The number of carbonyl (C=O) groups excluding carboxylic acids is 1. The minimum atomic E-state index is -0.200. The number of ketones is 1. The summed E-state index contributed by atoms with van der Waals surface area (Å²) in [4.78, 5) is 13.5. The second-order valence-electron chi connectivity index (χ2n) is 7.50. The zero-order valence-electron chi connectivity index (χ0n) is 14.2. The standard InChI is InChI=1S/C20H19N3OS/c1-20(2)8-12-16(13(24)9-20)15(11-6-4-3-5-7-11)17-18(22)14(10-21)25-19(17)23-12/h3-7,15,23H,8-9,22H2,1-2H3/t15-/m1/s1. The minimum Gasteiger partial charge on any atom is -0.397 e. The zero-order valence-corrected chi connectivity index (χ0v) is 15.0. The van der Waals surface area contributed by atoms with Gasteiger partial charge in [0.25, 0.3) is 0 Å². The van der Waals surface area contributed by atoms with Crippen molar-refractivity contribution in [3.8, 4) is 6.07 Å². The molecule has 0 saturated carbocycles. The van der Waals surface area contributed by atoms with E-state index in [4.69, 9.17) is 5.73 Å². The SMILES string of the molecule is CC1(C)CC(=O)C2=C(C1)Nc1sc(C#N)c(N)c1[C@@H]2c1ccccc1. The van der Waals surface area contributed by atoms with E-state index in [1.54, 1.807) is 0 Å². The first-order valence-electron chi connectivity index (χ1n) is 8.32. The lowest BCUT2D eigenvalue weighted by Gasteiger charge is -2.38. The van der Waals surface area contributed by atoms with Crippen molar-refractivity contribution in [2.75, 3.05) is 11.1 Å². The first-order chi connectivity index (χ1) is 11.9. The lowest BCUT2D eigenvalue weighted by atomic mass is 9.69. The maximum absolute atomic E-state index is 13.0.